The number of sulfonamides is 1. The van der Waals surface area contributed by atoms with Gasteiger partial charge in [0.1, 0.15) is 0 Å². The zero-order valence-corrected chi connectivity index (χ0v) is 16.0. The summed E-state index contributed by atoms with van der Waals surface area (Å²) in [7, 11) is -3.18. The molecule has 1 amide bonds. The van der Waals surface area contributed by atoms with Crippen molar-refractivity contribution in [1.82, 2.24) is 9.62 Å². The number of rotatable bonds is 8. The molecule has 0 bridgehead atoms. The Hall–Kier alpha value is -0.370. The molecular formula is C16H32ClN3O3S. The van der Waals surface area contributed by atoms with Gasteiger partial charge in [0.2, 0.25) is 15.9 Å². The van der Waals surface area contributed by atoms with Crippen LogP contribution >= 0.6 is 12.4 Å². The molecule has 1 atom stereocenters. The number of carbonyl (C=O) groups is 1. The van der Waals surface area contributed by atoms with E-state index in [1.807, 2.05) is 0 Å². The minimum atomic E-state index is -3.18. The summed E-state index contributed by atoms with van der Waals surface area (Å²) < 4.78 is 25.8. The van der Waals surface area contributed by atoms with Gasteiger partial charge in [0, 0.05) is 32.1 Å². The first-order chi connectivity index (χ1) is 11.0. The molecule has 0 radical (unpaired) electrons. The Morgan fingerprint density at radius 1 is 1.12 bits per heavy atom. The fourth-order valence-corrected chi connectivity index (χ4v) is 5.28. The van der Waals surface area contributed by atoms with Crippen molar-refractivity contribution in [1.29, 1.82) is 0 Å². The molecule has 1 aliphatic heterocycles. The van der Waals surface area contributed by atoms with Gasteiger partial charge < -0.3 is 11.1 Å². The molecule has 24 heavy (non-hydrogen) atoms. The predicted molar refractivity (Wildman–Crippen MR) is 98.6 cm³/mol. The number of carbonyl (C=O) groups excluding carboxylic acids is 1. The maximum absolute atomic E-state index is 12.1. The average molecular weight is 382 g/mol. The van der Waals surface area contributed by atoms with E-state index in [2.05, 4.69) is 5.32 Å². The van der Waals surface area contributed by atoms with Crippen LogP contribution in [-0.4, -0.2) is 50.1 Å². The first-order valence-electron chi connectivity index (χ1n) is 9.00. The van der Waals surface area contributed by atoms with Crippen molar-refractivity contribution in [2.24, 2.45) is 11.7 Å². The number of hydrogen-bond acceptors (Lipinski definition) is 4. The Morgan fingerprint density at radius 3 is 2.33 bits per heavy atom. The monoisotopic (exact) mass is 381 g/mol. The fraction of sp³-hybridized carbons (Fsp3) is 0.938. The van der Waals surface area contributed by atoms with E-state index in [1.54, 1.807) is 4.31 Å². The lowest BCUT2D eigenvalue weighted by Crippen LogP contribution is -2.46. The van der Waals surface area contributed by atoms with Gasteiger partial charge in [-0.2, -0.15) is 0 Å². The number of nitrogens with one attached hydrogen (secondary N) is 1. The Kier molecular flexibility index (Phi) is 9.56. The van der Waals surface area contributed by atoms with Gasteiger partial charge in [0.05, 0.1) is 5.75 Å². The summed E-state index contributed by atoms with van der Waals surface area (Å²) in [6.45, 7) is 1.72. The van der Waals surface area contributed by atoms with E-state index in [1.165, 1.54) is 19.3 Å². The molecule has 2 aliphatic rings. The second kappa shape index (κ2) is 10.6. The van der Waals surface area contributed by atoms with Crippen molar-refractivity contribution in [3.05, 3.63) is 0 Å². The number of amides is 1. The summed E-state index contributed by atoms with van der Waals surface area (Å²) in [6.07, 6.45) is 8.49. The quantitative estimate of drug-likeness (QED) is 0.668. The zero-order valence-electron chi connectivity index (χ0n) is 14.4. The summed E-state index contributed by atoms with van der Waals surface area (Å²) in [5.74, 6) is 0.477. The number of halogens is 1. The van der Waals surface area contributed by atoms with Crippen LogP contribution in [0.5, 0.6) is 0 Å². The van der Waals surface area contributed by atoms with E-state index in [9.17, 15) is 13.2 Å². The van der Waals surface area contributed by atoms with Gasteiger partial charge in [0.25, 0.3) is 0 Å². The highest BCUT2D eigenvalue weighted by Gasteiger charge is 2.26. The maximum Gasteiger partial charge on any atom is 0.220 e. The van der Waals surface area contributed by atoms with Crippen molar-refractivity contribution in [2.45, 2.75) is 63.8 Å². The normalized spacial score (nSPS) is 21.2. The number of nitrogens with two attached hydrogens (primary N) is 1. The predicted octanol–water partition coefficient (Wildman–Crippen LogP) is 1.64. The Morgan fingerprint density at radius 2 is 1.75 bits per heavy atom. The molecule has 0 aromatic carbocycles. The van der Waals surface area contributed by atoms with E-state index in [-0.39, 0.29) is 36.5 Å². The Labute approximate surface area is 152 Å². The average Bonchev–Trinajstić information content (AvgIpc) is 3.08. The molecule has 1 saturated heterocycles. The van der Waals surface area contributed by atoms with Crippen LogP contribution in [0.25, 0.3) is 0 Å². The molecule has 0 aromatic heterocycles. The fourth-order valence-electron chi connectivity index (χ4n) is 3.70. The number of nitrogens with zero attached hydrogens (tertiary/aromatic N) is 1. The van der Waals surface area contributed by atoms with Crippen molar-refractivity contribution in [3.8, 4) is 0 Å². The van der Waals surface area contributed by atoms with E-state index >= 15 is 0 Å². The van der Waals surface area contributed by atoms with Crippen LogP contribution in [0.4, 0.5) is 0 Å². The van der Waals surface area contributed by atoms with Gasteiger partial charge in [-0.3, -0.25) is 4.79 Å². The SMILES string of the molecule is Cl.NCC(NC(=O)CCCS(=O)(=O)N1CCCC1)C1CCCCC1. The van der Waals surface area contributed by atoms with Crippen LogP contribution in [0.3, 0.4) is 0 Å². The van der Waals surface area contributed by atoms with Crippen molar-refractivity contribution < 1.29 is 13.2 Å². The lowest BCUT2D eigenvalue weighted by Gasteiger charge is -2.30. The van der Waals surface area contributed by atoms with Crippen LogP contribution in [0.1, 0.15) is 57.8 Å². The molecule has 2 rings (SSSR count). The van der Waals surface area contributed by atoms with Crippen LogP contribution in [0, 0.1) is 5.92 Å². The molecule has 142 valence electrons. The Balaban J connectivity index is 0.00000288. The van der Waals surface area contributed by atoms with Gasteiger partial charge >= 0.3 is 0 Å². The summed E-state index contributed by atoms with van der Waals surface area (Å²) in [4.78, 5) is 12.1. The molecule has 2 fully saturated rings. The summed E-state index contributed by atoms with van der Waals surface area (Å²) in [5, 5.41) is 3.02. The first kappa shape index (κ1) is 21.7. The molecule has 1 aliphatic carbocycles. The summed E-state index contributed by atoms with van der Waals surface area (Å²) in [5.41, 5.74) is 5.82. The maximum atomic E-state index is 12.1. The standard InChI is InChI=1S/C16H31N3O3S.ClH/c17-13-15(14-7-2-1-3-8-14)18-16(20)9-6-12-23(21,22)19-10-4-5-11-19;/h14-15H,1-13,17H2,(H,18,20);1H. The highest BCUT2D eigenvalue weighted by molar-refractivity contribution is 7.89. The minimum Gasteiger partial charge on any atom is -0.352 e. The number of hydrogen-bond donors (Lipinski definition) is 2. The highest BCUT2D eigenvalue weighted by Crippen LogP contribution is 2.26. The molecule has 6 nitrogen and oxygen atoms in total. The molecule has 1 saturated carbocycles. The van der Waals surface area contributed by atoms with Gasteiger partial charge in [0.15, 0.2) is 0 Å². The van der Waals surface area contributed by atoms with Gasteiger partial charge in [-0.25, -0.2) is 12.7 Å². The highest BCUT2D eigenvalue weighted by atomic mass is 35.5. The summed E-state index contributed by atoms with van der Waals surface area (Å²) in [6, 6.07) is 0.0398. The lowest BCUT2D eigenvalue weighted by molar-refractivity contribution is -0.122. The molecule has 0 aromatic rings. The third kappa shape index (κ3) is 6.50. The van der Waals surface area contributed by atoms with Crippen molar-refractivity contribution in [2.75, 3.05) is 25.4 Å². The summed E-state index contributed by atoms with van der Waals surface area (Å²) >= 11 is 0. The van der Waals surface area contributed by atoms with Crippen LogP contribution in [-0.2, 0) is 14.8 Å². The topological polar surface area (TPSA) is 92.5 Å². The van der Waals surface area contributed by atoms with Crippen LogP contribution in [0.2, 0.25) is 0 Å². The van der Waals surface area contributed by atoms with E-state index in [0.29, 0.717) is 32.0 Å². The van der Waals surface area contributed by atoms with E-state index < -0.39 is 10.0 Å². The molecule has 1 heterocycles. The Bertz CT molecular complexity index is 475. The minimum absolute atomic E-state index is 0. The lowest BCUT2D eigenvalue weighted by atomic mass is 9.84. The van der Waals surface area contributed by atoms with E-state index in [4.69, 9.17) is 5.73 Å². The van der Waals surface area contributed by atoms with Gasteiger partial charge in [-0.15, -0.1) is 12.4 Å². The largest absolute Gasteiger partial charge is 0.352 e. The van der Waals surface area contributed by atoms with Crippen LogP contribution < -0.4 is 11.1 Å². The third-order valence-corrected chi connectivity index (χ3v) is 7.04. The zero-order chi connectivity index (χ0) is 16.7. The molecule has 0 spiro atoms. The second-order valence-electron chi connectivity index (χ2n) is 6.83. The van der Waals surface area contributed by atoms with Crippen LogP contribution in [0.15, 0.2) is 0 Å². The van der Waals surface area contributed by atoms with Gasteiger partial charge in [-0.05, 0) is 38.0 Å². The van der Waals surface area contributed by atoms with Gasteiger partial charge in [-0.1, -0.05) is 19.3 Å². The van der Waals surface area contributed by atoms with Crippen molar-refractivity contribution >= 4 is 28.3 Å². The smallest absolute Gasteiger partial charge is 0.220 e. The molecule has 8 heteroatoms. The molecular weight excluding hydrogens is 350 g/mol. The first-order valence-corrected chi connectivity index (χ1v) is 10.6. The van der Waals surface area contributed by atoms with E-state index in [0.717, 1.165) is 25.7 Å². The van der Waals surface area contributed by atoms with Crippen molar-refractivity contribution in [3.63, 3.8) is 0 Å². The second-order valence-corrected chi connectivity index (χ2v) is 8.92. The molecule has 3 N–H and O–H groups in total. The third-order valence-electron chi connectivity index (χ3n) is 5.08. The molecule has 1 unspecified atom stereocenters.